The van der Waals surface area contributed by atoms with E-state index in [9.17, 15) is 5.11 Å². The van der Waals surface area contributed by atoms with Crippen molar-refractivity contribution in [2.75, 3.05) is 6.61 Å². The lowest BCUT2D eigenvalue weighted by molar-refractivity contribution is 0.102. The van der Waals surface area contributed by atoms with Crippen LogP contribution in [0.5, 0.6) is 0 Å². The van der Waals surface area contributed by atoms with Gasteiger partial charge in [-0.25, -0.2) is 0 Å². The fourth-order valence-electron chi connectivity index (χ4n) is 2.89. The molecule has 1 aliphatic carbocycles. The summed E-state index contributed by atoms with van der Waals surface area (Å²) in [7, 11) is 0. The third-order valence-electron chi connectivity index (χ3n) is 3.82. The first-order chi connectivity index (χ1) is 7.29. The first-order valence-electron chi connectivity index (χ1n) is 6.58. The Kier molecular flexibility index (Phi) is 6.26. The highest BCUT2D eigenvalue weighted by atomic mass is 16.3. The van der Waals surface area contributed by atoms with Gasteiger partial charge in [-0.15, -0.1) is 0 Å². The van der Waals surface area contributed by atoms with E-state index in [0.29, 0.717) is 11.8 Å². The Balaban J connectivity index is 2.23. The van der Waals surface area contributed by atoms with E-state index in [1.807, 2.05) is 0 Å². The van der Waals surface area contributed by atoms with Crippen LogP contribution in [0.4, 0.5) is 0 Å². The fraction of sp³-hybridized carbons (Fsp3) is 1.00. The number of hydrogen-bond donors (Lipinski definition) is 2. The van der Waals surface area contributed by atoms with Crippen LogP contribution in [-0.4, -0.2) is 22.9 Å². The van der Waals surface area contributed by atoms with Crippen molar-refractivity contribution in [1.82, 2.24) is 0 Å². The third kappa shape index (κ3) is 4.12. The van der Waals surface area contributed by atoms with Gasteiger partial charge in [0.15, 0.2) is 0 Å². The Morgan fingerprint density at radius 1 is 1.07 bits per heavy atom. The summed E-state index contributed by atoms with van der Waals surface area (Å²) in [6.07, 6.45) is 9.14. The summed E-state index contributed by atoms with van der Waals surface area (Å²) in [5.41, 5.74) is 0. The molecule has 2 heteroatoms. The molecule has 3 atom stereocenters. The van der Waals surface area contributed by atoms with Crippen molar-refractivity contribution in [2.45, 2.75) is 64.4 Å². The molecule has 1 rings (SSSR count). The molecular weight excluding hydrogens is 188 g/mol. The molecule has 3 unspecified atom stereocenters. The molecule has 0 aliphatic heterocycles. The predicted octanol–water partition coefficient (Wildman–Crippen LogP) is 2.73. The second-order valence-corrected chi connectivity index (χ2v) is 4.93. The number of aliphatic hydroxyl groups is 2. The predicted molar refractivity (Wildman–Crippen MR) is 62.7 cm³/mol. The van der Waals surface area contributed by atoms with Gasteiger partial charge in [-0.05, 0) is 37.5 Å². The standard InChI is InChI=1S/C13H26O2/c1-2-3-4-5-6-12-11(9-10-14)7-8-13(12)15/h11-15H,2-10H2,1H3. The van der Waals surface area contributed by atoms with Crippen LogP contribution in [-0.2, 0) is 0 Å². The number of unbranched alkanes of at least 4 members (excludes halogenated alkanes) is 3. The van der Waals surface area contributed by atoms with Crippen LogP contribution >= 0.6 is 0 Å². The van der Waals surface area contributed by atoms with Crippen molar-refractivity contribution < 1.29 is 10.2 Å². The maximum Gasteiger partial charge on any atom is 0.0571 e. The molecule has 0 radical (unpaired) electrons. The summed E-state index contributed by atoms with van der Waals surface area (Å²) in [6, 6.07) is 0. The van der Waals surface area contributed by atoms with Crippen molar-refractivity contribution >= 4 is 0 Å². The molecule has 0 aromatic carbocycles. The van der Waals surface area contributed by atoms with Crippen LogP contribution in [0.25, 0.3) is 0 Å². The molecule has 1 saturated carbocycles. The van der Waals surface area contributed by atoms with Gasteiger partial charge in [-0.2, -0.15) is 0 Å². The zero-order valence-corrected chi connectivity index (χ0v) is 9.99. The minimum atomic E-state index is -0.0943. The third-order valence-corrected chi connectivity index (χ3v) is 3.82. The molecule has 0 bridgehead atoms. The highest BCUT2D eigenvalue weighted by Gasteiger charge is 2.33. The maximum atomic E-state index is 9.86. The molecule has 2 nitrogen and oxygen atoms in total. The Morgan fingerprint density at radius 3 is 2.53 bits per heavy atom. The molecular formula is C13H26O2. The van der Waals surface area contributed by atoms with E-state index in [1.54, 1.807) is 0 Å². The molecule has 2 N–H and O–H groups in total. The summed E-state index contributed by atoms with van der Waals surface area (Å²) in [6.45, 7) is 2.50. The summed E-state index contributed by atoms with van der Waals surface area (Å²) in [4.78, 5) is 0. The molecule has 0 saturated heterocycles. The van der Waals surface area contributed by atoms with Gasteiger partial charge in [0.25, 0.3) is 0 Å². The fourth-order valence-corrected chi connectivity index (χ4v) is 2.89. The molecule has 1 fully saturated rings. The van der Waals surface area contributed by atoms with E-state index in [1.165, 1.54) is 25.7 Å². The topological polar surface area (TPSA) is 40.5 Å². The molecule has 1 aliphatic rings. The molecule has 90 valence electrons. The van der Waals surface area contributed by atoms with Gasteiger partial charge >= 0.3 is 0 Å². The number of hydrogen-bond acceptors (Lipinski definition) is 2. The van der Waals surface area contributed by atoms with Gasteiger partial charge in [0, 0.05) is 6.61 Å². The van der Waals surface area contributed by atoms with Crippen LogP contribution in [0.3, 0.4) is 0 Å². The van der Waals surface area contributed by atoms with Crippen molar-refractivity contribution in [3.8, 4) is 0 Å². The minimum Gasteiger partial charge on any atom is -0.396 e. The van der Waals surface area contributed by atoms with E-state index in [0.717, 1.165) is 25.7 Å². The van der Waals surface area contributed by atoms with E-state index >= 15 is 0 Å². The van der Waals surface area contributed by atoms with Crippen molar-refractivity contribution in [3.63, 3.8) is 0 Å². The Bertz CT molecular complexity index is 157. The lowest BCUT2D eigenvalue weighted by Gasteiger charge is -2.21. The molecule has 0 heterocycles. The summed E-state index contributed by atoms with van der Waals surface area (Å²) >= 11 is 0. The lowest BCUT2D eigenvalue weighted by atomic mass is 9.87. The zero-order chi connectivity index (χ0) is 11.1. The van der Waals surface area contributed by atoms with E-state index in [2.05, 4.69) is 6.92 Å². The van der Waals surface area contributed by atoms with Crippen molar-refractivity contribution in [2.24, 2.45) is 11.8 Å². The van der Waals surface area contributed by atoms with Crippen molar-refractivity contribution in [1.29, 1.82) is 0 Å². The van der Waals surface area contributed by atoms with Gasteiger partial charge in [0.2, 0.25) is 0 Å². The Labute approximate surface area is 93.7 Å². The minimum absolute atomic E-state index is 0.0943. The normalized spacial score (nSPS) is 31.0. The largest absolute Gasteiger partial charge is 0.396 e. The number of rotatable bonds is 7. The second-order valence-electron chi connectivity index (χ2n) is 4.93. The van der Waals surface area contributed by atoms with Gasteiger partial charge < -0.3 is 10.2 Å². The van der Waals surface area contributed by atoms with Crippen LogP contribution in [0.15, 0.2) is 0 Å². The Hall–Kier alpha value is -0.0800. The maximum absolute atomic E-state index is 9.86. The van der Waals surface area contributed by atoms with Crippen LogP contribution in [0.1, 0.15) is 58.3 Å². The van der Waals surface area contributed by atoms with Gasteiger partial charge in [-0.1, -0.05) is 32.6 Å². The quantitative estimate of drug-likeness (QED) is 0.640. The number of aliphatic hydroxyl groups excluding tert-OH is 2. The summed E-state index contributed by atoms with van der Waals surface area (Å²) in [5, 5.41) is 18.8. The molecule has 15 heavy (non-hydrogen) atoms. The molecule has 0 aromatic rings. The van der Waals surface area contributed by atoms with Gasteiger partial charge in [0.05, 0.1) is 6.10 Å². The van der Waals surface area contributed by atoms with Crippen LogP contribution in [0, 0.1) is 11.8 Å². The molecule has 0 amide bonds. The summed E-state index contributed by atoms with van der Waals surface area (Å²) < 4.78 is 0. The molecule has 0 spiro atoms. The monoisotopic (exact) mass is 214 g/mol. The average molecular weight is 214 g/mol. The van der Waals surface area contributed by atoms with E-state index < -0.39 is 0 Å². The molecule has 0 aromatic heterocycles. The highest BCUT2D eigenvalue weighted by Crippen LogP contribution is 2.37. The second kappa shape index (κ2) is 7.24. The van der Waals surface area contributed by atoms with Crippen LogP contribution in [0.2, 0.25) is 0 Å². The smallest absolute Gasteiger partial charge is 0.0571 e. The van der Waals surface area contributed by atoms with Crippen LogP contribution < -0.4 is 0 Å². The van der Waals surface area contributed by atoms with E-state index in [4.69, 9.17) is 5.11 Å². The van der Waals surface area contributed by atoms with E-state index in [-0.39, 0.29) is 12.7 Å². The first-order valence-corrected chi connectivity index (χ1v) is 6.58. The average Bonchev–Trinajstić information content (AvgIpc) is 2.56. The van der Waals surface area contributed by atoms with Crippen molar-refractivity contribution in [3.05, 3.63) is 0 Å². The SMILES string of the molecule is CCCCCCC1C(O)CCC1CCO. The first kappa shape index (κ1) is 13.0. The summed E-state index contributed by atoms with van der Waals surface area (Å²) in [5.74, 6) is 1.04. The lowest BCUT2D eigenvalue weighted by Crippen LogP contribution is -2.19. The highest BCUT2D eigenvalue weighted by molar-refractivity contribution is 4.84. The van der Waals surface area contributed by atoms with Gasteiger partial charge in [0.1, 0.15) is 0 Å². The van der Waals surface area contributed by atoms with Gasteiger partial charge in [-0.3, -0.25) is 0 Å². The Morgan fingerprint density at radius 2 is 1.87 bits per heavy atom. The zero-order valence-electron chi connectivity index (χ0n) is 9.99.